The van der Waals surface area contributed by atoms with E-state index >= 15 is 0 Å². The monoisotopic (exact) mass is 216 g/mol. The third-order valence-corrected chi connectivity index (χ3v) is 3.11. The van der Waals surface area contributed by atoms with Crippen LogP contribution in [-0.4, -0.2) is 9.97 Å². The molecule has 0 spiro atoms. The maximum absolute atomic E-state index is 5.70. The minimum absolute atomic E-state index is 0.565. The molecule has 62 valence electrons. The van der Waals surface area contributed by atoms with Crippen LogP contribution in [0.4, 0.5) is 0 Å². The quantitative estimate of drug-likeness (QED) is 0.732. The number of aromatic nitrogens is 2. The van der Waals surface area contributed by atoms with E-state index in [1.54, 1.807) is 11.3 Å². The number of thiazole rings is 2. The predicted molar refractivity (Wildman–Crippen MR) is 53.0 cm³/mol. The van der Waals surface area contributed by atoms with E-state index in [2.05, 4.69) is 9.97 Å². The van der Waals surface area contributed by atoms with E-state index in [4.69, 9.17) is 11.6 Å². The Morgan fingerprint density at radius 3 is 2.33 bits per heavy atom. The summed E-state index contributed by atoms with van der Waals surface area (Å²) in [5, 5.41) is 4.95. The molecule has 0 N–H and O–H groups in total. The summed E-state index contributed by atoms with van der Waals surface area (Å²) in [5.74, 6) is 0. The zero-order valence-corrected chi connectivity index (χ0v) is 8.63. The summed E-state index contributed by atoms with van der Waals surface area (Å²) in [6.07, 6.45) is 0. The van der Waals surface area contributed by atoms with Crippen LogP contribution in [0.15, 0.2) is 10.8 Å². The number of hydrogen-bond acceptors (Lipinski definition) is 4. The van der Waals surface area contributed by atoms with Crippen LogP contribution in [0.1, 0.15) is 5.01 Å². The van der Waals surface area contributed by atoms with Crippen LogP contribution in [0, 0.1) is 6.92 Å². The maximum Gasteiger partial charge on any atom is 0.184 e. The molecule has 0 aliphatic rings. The lowest BCUT2D eigenvalue weighted by atomic mass is 10.4. The van der Waals surface area contributed by atoms with Gasteiger partial charge in [-0.2, -0.15) is 0 Å². The van der Waals surface area contributed by atoms with Gasteiger partial charge >= 0.3 is 0 Å². The fraction of sp³-hybridized carbons (Fsp3) is 0.143. The van der Waals surface area contributed by atoms with Crippen LogP contribution in [0.5, 0.6) is 0 Å². The summed E-state index contributed by atoms with van der Waals surface area (Å²) < 4.78 is 0.565. The highest BCUT2D eigenvalue weighted by atomic mass is 35.5. The van der Waals surface area contributed by atoms with Crippen molar-refractivity contribution in [3.8, 4) is 11.4 Å². The first-order valence-corrected chi connectivity index (χ1v) is 5.43. The predicted octanol–water partition coefficient (Wildman–Crippen LogP) is 3.23. The second-order valence-corrected chi connectivity index (χ2v) is 4.74. The Labute approximate surface area is 82.9 Å². The molecule has 0 fully saturated rings. The Morgan fingerprint density at radius 2 is 1.83 bits per heavy atom. The van der Waals surface area contributed by atoms with Gasteiger partial charge < -0.3 is 0 Å². The average molecular weight is 217 g/mol. The summed E-state index contributed by atoms with van der Waals surface area (Å²) in [6, 6.07) is 0. The van der Waals surface area contributed by atoms with Crippen LogP contribution < -0.4 is 0 Å². The second-order valence-electron chi connectivity index (χ2n) is 2.24. The molecule has 2 aromatic heterocycles. The van der Waals surface area contributed by atoms with Crippen molar-refractivity contribution in [3.05, 3.63) is 20.2 Å². The van der Waals surface area contributed by atoms with Crippen LogP contribution in [0.2, 0.25) is 4.47 Å². The molecule has 0 aliphatic heterocycles. The van der Waals surface area contributed by atoms with E-state index in [0.717, 1.165) is 16.4 Å². The Morgan fingerprint density at radius 1 is 1.17 bits per heavy atom. The van der Waals surface area contributed by atoms with Crippen molar-refractivity contribution in [2.45, 2.75) is 6.92 Å². The lowest BCUT2D eigenvalue weighted by Crippen LogP contribution is -1.76. The summed E-state index contributed by atoms with van der Waals surface area (Å²) in [7, 11) is 0. The zero-order chi connectivity index (χ0) is 8.55. The summed E-state index contributed by atoms with van der Waals surface area (Å²) >= 11 is 8.75. The highest BCUT2D eigenvalue weighted by Crippen LogP contribution is 2.25. The smallest absolute Gasteiger partial charge is 0.184 e. The molecule has 0 radical (unpaired) electrons. The zero-order valence-electron chi connectivity index (χ0n) is 6.24. The van der Waals surface area contributed by atoms with Crippen molar-refractivity contribution in [1.29, 1.82) is 0 Å². The largest absolute Gasteiger partial charge is 0.240 e. The Hall–Kier alpha value is -0.450. The number of rotatable bonds is 1. The highest BCUT2D eigenvalue weighted by molar-refractivity contribution is 7.14. The van der Waals surface area contributed by atoms with E-state index in [9.17, 15) is 0 Å². The van der Waals surface area contributed by atoms with Crippen molar-refractivity contribution >= 4 is 34.3 Å². The lowest BCUT2D eigenvalue weighted by molar-refractivity contribution is 1.27. The number of hydrogen-bond donors (Lipinski definition) is 0. The van der Waals surface area contributed by atoms with Gasteiger partial charge in [0.2, 0.25) is 0 Å². The van der Waals surface area contributed by atoms with Crippen molar-refractivity contribution in [2.24, 2.45) is 0 Å². The van der Waals surface area contributed by atoms with Gasteiger partial charge in [-0.1, -0.05) is 11.6 Å². The molecule has 2 heterocycles. The van der Waals surface area contributed by atoms with Crippen molar-refractivity contribution < 1.29 is 0 Å². The Balaban J connectivity index is 2.43. The molecule has 0 aliphatic carbocycles. The van der Waals surface area contributed by atoms with Gasteiger partial charge in [0.15, 0.2) is 4.47 Å². The van der Waals surface area contributed by atoms with Crippen LogP contribution >= 0.6 is 34.3 Å². The van der Waals surface area contributed by atoms with E-state index < -0.39 is 0 Å². The standard InChI is InChI=1S/C7H5ClN2S2/c1-4-9-5(2-11-4)6-3-12-7(8)10-6/h2-3H,1H3. The third-order valence-electron chi connectivity index (χ3n) is 1.36. The molecule has 0 saturated carbocycles. The molecule has 0 saturated heterocycles. The summed E-state index contributed by atoms with van der Waals surface area (Å²) in [5.41, 5.74) is 1.79. The van der Waals surface area contributed by atoms with Gasteiger partial charge in [-0.15, -0.1) is 22.7 Å². The Kier molecular flexibility index (Phi) is 2.12. The maximum atomic E-state index is 5.70. The number of halogens is 1. The first-order valence-electron chi connectivity index (χ1n) is 3.29. The van der Waals surface area contributed by atoms with Gasteiger partial charge in [0, 0.05) is 10.8 Å². The molecule has 2 aromatic rings. The first-order chi connectivity index (χ1) is 5.75. The van der Waals surface area contributed by atoms with Gasteiger partial charge in [-0.05, 0) is 6.92 Å². The van der Waals surface area contributed by atoms with Crippen molar-refractivity contribution in [3.63, 3.8) is 0 Å². The molecule has 0 unspecified atom stereocenters. The molecule has 5 heteroatoms. The second kappa shape index (κ2) is 3.12. The number of aryl methyl sites for hydroxylation is 1. The fourth-order valence-electron chi connectivity index (χ4n) is 0.851. The fourth-order valence-corrected chi connectivity index (χ4v) is 2.22. The van der Waals surface area contributed by atoms with Crippen molar-refractivity contribution in [1.82, 2.24) is 9.97 Å². The van der Waals surface area contributed by atoms with Crippen LogP contribution in [-0.2, 0) is 0 Å². The van der Waals surface area contributed by atoms with Gasteiger partial charge in [0.05, 0.1) is 5.01 Å². The van der Waals surface area contributed by atoms with Crippen molar-refractivity contribution in [2.75, 3.05) is 0 Å². The van der Waals surface area contributed by atoms with Gasteiger partial charge in [0.1, 0.15) is 11.4 Å². The van der Waals surface area contributed by atoms with Gasteiger partial charge in [-0.3, -0.25) is 0 Å². The molecule has 0 atom stereocenters. The van der Waals surface area contributed by atoms with Gasteiger partial charge in [-0.25, -0.2) is 9.97 Å². The number of nitrogens with zero attached hydrogens (tertiary/aromatic N) is 2. The van der Waals surface area contributed by atoms with Crippen LogP contribution in [0.3, 0.4) is 0 Å². The SMILES string of the molecule is Cc1nc(-c2csc(Cl)n2)cs1. The minimum Gasteiger partial charge on any atom is -0.240 e. The Bertz CT molecular complexity index is 355. The molecule has 0 aromatic carbocycles. The van der Waals surface area contributed by atoms with E-state index in [-0.39, 0.29) is 0 Å². The topological polar surface area (TPSA) is 25.8 Å². The lowest BCUT2D eigenvalue weighted by Gasteiger charge is -1.84. The minimum atomic E-state index is 0.565. The molecule has 2 nitrogen and oxygen atoms in total. The molecule has 0 bridgehead atoms. The highest BCUT2D eigenvalue weighted by Gasteiger charge is 2.05. The van der Waals surface area contributed by atoms with E-state index in [1.165, 1.54) is 11.3 Å². The third kappa shape index (κ3) is 1.50. The summed E-state index contributed by atoms with van der Waals surface area (Å²) in [6.45, 7) is 1.97. The molecular weight excluding hydrogens is 212 g/mol. The van der Waals surface area contributed by atoms with Crippen LogP contribution in [0.25, 0.3) is 11.4 Å². The van der Waals surface area contributed by atoms with E-state index in [0.29, 0.717) is 4.47 Å². The molecular formula is C7H5ClN2S2. The normalized spacial score (nSPS) is 10.5. The average Bonchev–Trinajstić information content (AvgIpc) is 2.58. The van der Waals surface area contributed by atoms with E-state index in [1.807, 2.05) is 17.7 Å². The molecule has 2 rings (SSSR count). The first kappa shape index (κ1) is 8.16. The van der Waals surface area contributed by atoms with Gasteiger partial charge in [0.25, 0.3) is 0 Å². The summed E-state index contributed by atoms with van der Waals surface area (Å²) in [4.78, 5) is 8.42. The molecule has 0 amide bonds. The molecule has 12 heavy (non-hydrogen) atoms.